The molecule has 0 saturated carbocycles. The number of hydrogen-bond donors (Lipinski definition) is 3. The summed E-state index contributed by atoms with van der Waals surface area (Å²) in [5, 5.41) is 31.6. The number of carbonyl (C=O) groups is 1. The van der Waals surface area contributed by atoms with E-state index in [1.165, 1.54) is 12.8 Å². The van der Waals surface area contributed by atoms with Crippen molar-refractivity contribution < 1.29 is 28.9 Å². The topological polar surface area (TPSA) is 154 Å². The quantitative estimate of drug-likeness (QED) is 0.163. The van der Waals surface area contributed by atoms with Gasteiger partial charge in [-0.3, -0.25) is 10.3 Å². The van der Waals surface area contributed by atoms with Crippen LogP contribution in [0.25, 0.3) is 32.2 Å². The molecule has 1 fully saturated rings. The van der Waals surface area contributed by atoms with Crippen molar-refractivity contribution in [1.82, 2.24) is 15.0 Å². The van der Waals surface area contributed by atoms with Gasteiger partial charge in [0.1, 0.15) is 16.7 Å². The lowest BCUT2D eigenvalue weighted by Crippen LogP contribution is -2.27. The first-order chi connectivity index (χ1) is 24.8. The molecule has 0 unspecified atom stereocenters. The van der Waals surface area contributed by atoms with Crippen molar-refractivity contribution >= 4 is 49.4 Å². The lowest BCUT2D eigenvalue weighted by atomic mass is 9.88. The summed E-state index contributed by atoms with van der Waals surface area (Å²) in [7, 11) is 0. The molecule has 5 heterocycles. The number of halogens is 1. The standard InChI is InChI=1S/C29H29FN6O4S.C6H14.C2H4O.C2H6/c1-5-15-21(19-13-39-12-18(19)17-9-33-27(34-23(15)17)36-7-6-14(37)11-36)24-22-16(8-31)26(35-28(38)40-29(2,3)4)41-25(22)20(30)10-32-24;1-4-5-6(2)3;1-2-3;1-2/h9-10,14,37H,5-7,11-13H2,1-4H3,(H,35,38);6H,4-5H2,1-3H3;2-3H,1H2;1-2H3/t14-;;;/m1.../s1. The van der Waals surface area contributed by atoms with E-state index < -0.39 is 23.6 Å². The lowest BCUT2D eigenvalue weighted by molar-refractivity contribution is 0.0636. The van der Waals surface area contributed by atoms with Crippen LogP contribution < -0.4 is 10.2 Å². The van der Waals surface area contributed by atoms with Crippen LogP contribution in [-0.4, -0.2) is 56.1 Å². The number of amides is 1. The average molecular weight is 737 g/mol. The summed E-state index contributed by atoms with van der Waals surface area (Å²) in [6, 6.07) is 2.16. The number of pyridine rings is 1. The zero-order valence-electron chi connectivity index (χ0n) is 31.9. The first kappa shape index (κ1) is 42.0. The highest BCUT2D eigenvalue weighted by Crippen LogP contribution is 2.46. The number of nitriles is 1. The van der Waals surface area contributed by atoms with E-state index in [2.05, 4.69) is 48.7 Å². The number of β-amino-alcohol motifs (C(OH)–C–C–N with tert-alkyl or cyclic N) is 1. The number of hydrogen-bond acceptors (Lipinski definition) is 11. The minimum absolute atomic E-state index is 0.113. The number of aromatic nitrogens is 3. The summed E-state index contributed by atoms with van der Waals surface area (Å²) in [4.78, 5) is 28.6. The number of ether oxygens (including phenoxy) is 2. The largest absolute Gasteiger partial charge is 0.516 e. The number of nitrogens with zero attached hydrogens (tertiary/aromatic N) is 5. The molecule has 0 aliphatic carbocycles. The van der Waals surface area contributed by atoms with Gasteiger partial charge >= 0.3 is 6.09 Å². The number of nitrogens with one attached hydrogen (secondary N) is 1. The Morgan fingerprint density at radius 2 is 1.92 bits per heavy atom. The summed E-state index contributed by atoms with van der Waals surface area (Å²) in [6.45, 7) is 22.7. The molecule has 1 atom stereocenters. The maximum Gasteiger partial charge on any atom is 0.412 e. The Kier molecular flexibility index (Phi) is 15.3. The van der Waals surface area contributed by atoms with E-state index in [4.69, 9.17) is 19.6 Å². The number of rotatable bonds is 6. The molecular weight excluding hydrogens is 684 g/mol. The van der Waals surface area contributed by atoms with E-state index in [1.54, 1.807) is 27.0 Å². The molecular formula is C39H53FN6O5S. The summed E-state index contributed by atoms with van der Waals surface area (Å²) in [5.41, 5.74) is 4.00. The van der Waals surface area contributed by atoms with Gasteiger partial charge in [-0.05, 0) is 56.2 Å². The first-order valence-corrected chi connectivity index (χ1v) is 18.7. The molecule has 3 aromatic heterocycles. The molecule has 6 rings (SSSR count). The summed E-state index contributed by atoms with van der Waals surface area (Å²) < 4.78 is 26.7. The lowest BCUT2D eigenvalue weighted by Gasteiger charge is -2.20. The molecule has 0 bridgehead atoms. The van der Waals surface area contributed by atoms with Gasteiger partial charge in [-0.15, -0.1) is 11.3 Å². The van der Waals surface area contributed by atoms with Crippen LogP contribution in [0.15, 0.2) is 25.2 Å². The summed E-state index contributed by atoms with van der Waals surface area (Å²) in [5.74, 6) is 0.837. The second-order valence-corrected chi connectivity index (χ2v) is 14.6. The van der Waals surface area contributed by atoms with Gasteiger partial charge in [-0.25, -0.2) is 19.2 Å². The van der Waals surface area contributed by atoms with Crippen LogP contribution in [0, 0.1) is 23.1 Å². The van der Waals surface area contributed by atoms with Crippen LogP contribution in [-0.2, 0) is 29.1 Å². The van der Waals surface area contributed by atoms with E-state index >= 15 is 4.39 Å². The molecule has 2 aliphatic rings. The Morgan fingerprint density at radius 3 is 2.46 bits per heavy atom. The van der Waals surface area contributed by atoms with Gasteiger partial charge in [0.2, 0.25) is 5.95 Å². The van der Waals surface area contributed by atoms with E-state index in [-0.39, 0.29) is 15.3 Å². The predicted octanol–water partition coefficient (Wildman–Crippen LogP) is 9.58. The molecule has 1 aromatic carbocycles. The maximum absolute atomic E-state index is 15.2. The number of carbonyl (C=O) groups excluding carboxylic acids is 1. The Bertz CT molecular complexity index is 1900. The van der Waals surface area contributed by atoms with Crippen LogP contribution in [0.2, 0.25) is 0 Å². The molecule has 0 spiro atoms. The molecule has 11 nitrogen and oxygen atoms in total. The fourth-order valence-electron chi connectivity index (χ4n) is 6.15. The molecule has 1 amide bonds. The number of aryl methyl sites for hydroxylation is 1. The SMILES string of the molecule is C=CO.CC.CCCC(C)C.CCc1c(-c2ncc(F)c3sc(NC(=O)OC(C)(C)C)c(C#N)c23)c2c(c3cnc(N4CC[C@@H](O)C4)nc13)COC2. The highest BCUT2D eigenvalue weighted by atomic mass is 32.1. The monoisotopic (exact) mass is 736 g/mol. The van der Waals surface area contributed by atoms with Gasteiger partial charge in [-0.2, -0.15) is 5.26 Å². The zero-order valence-corrected chi connectivity index (χ0v) is 32.7. The van der Waals surface area contributed by atoms with Crippen LogP contribution in [0.3, 0.4) is 0 Å². The third-order valence-electron chi connectivity index (χ3n) is 8.15. The van der Waals surface area contributed by atoms with Gasteiger partial charge in [0.05, 0.1) is 53.3 Å². The number of thiophene rings is 1. The second kappa shape index (κ2) is 18.9. The van der Waals surface area contributed by atoms with Crippen LogP contribution >= 0.6 is 11.3 Å². The van der Waals surface area contributed by atoms with E-state index in [9.17, 15) is 15.2 Å². The van der Waals surface area contributed by atoms with E-state index in [0.717, 1.165) is 62.9 Å². The van der Waals surface area contributed by atoms with Gasteiger partial charge in [0.15, 0.2) is 5.82 Å². The van der Waals surface area contributed by atoms with Crippen molar-refractivity contribution in [3.8, 4) is 17.3 Å². The second-order valence-electron chi connectivity index (χ2n) is 13.5. The van der Waals surface area contributed by atoms with Gasteiger partial charge in [0, 0.05) is 35.6 Å². The van der Waals surface area contributed by atoms with Gasteiger partial charge < -0.3 is 24.6 Å². The summed E-state index contributed by atoms with van der Waals surface area (Å²) >= 11 is 0.971. The average Bonchev–Trinajstić information content (AvgIpc) is 3.84. The normalized spacial score (nSPS) is 14.8. The first-order valence-electron chi connectivity index (χ1n) is 17.9. The fraction of sp³-hybridized carbons (Fsp3) is 0.513. The van der Waals surface area contributed by atoms with Gasteiger partial charge in [0.25, 0.3) is 0 Å². The minimum Gasteiger partial charge on any atom is -0.516 e. The van der Waals surface area contributed by atoms with Crippen molar-refractivity contribution in [2.75, 3.05) is 23.3 Å². The van der Waals surface area contributed by atoms with Crippen molar-refractivity contribution in [3.63, 3.8) is 0 Å². The van der Waals surface area contributed by atoms with Crippen molar-refractivity contribution in [3.05, 3.63) is 53.3 Å². The van der Waals surface area contributed by atoms with Crippen LogP contribution in [0.5, 0.6) is 0 Å². The highest BCUT2D eigenvalue weighted by molar-refractivity contribution is 7.23. The number of aliphatic hydroxyl groups excluding tert-OH is 2. The zero-order chi connectivity index (χ0) is 38.7. The Morgan fingerprint density at radius 1 is 1.25 bits per heavy atom. The molecule has 2 aliphatic heterocycles. The third kappa shape index (κ3) is 9.73. The van der Waals surface area contributed by atoms with Crippen LogP contribution in [0.1, 0.15) is 104 Å². The van der Waals surface area contributed by atoms with Crippen molar-refractivity contribution in [2.45, 2.75) is 113 Å². The van der Waals surface area contributed by atoms with E-state index in [0.29, 0.717) is 56.2 Å². The van der Waals surface area contributed by atoms with Gasteiger partial charge in [-0.1, -0.05) is 61.0 Å². The molecule has 4 aromatic rings. The molecule has 0 radical (unpaired) electrons. The maximum atomic E-state index is 15.2. The molecule has 52 heavy (non-hydrogen) atoms. The smallest absolute Gasteiger partial charge is 0.412 e. The van der Waals surface area contributed by atoms with Crippen molar-refractivity contribution in [2.24, 2.45) is 5.92 Å². The number of fused-ring (bicyclic) bond motifs is 4. The number of benzene rings is 1. The fourth-order valence-corrected chi connectivity index (χ4v) is 7.19. The number of aliphatic hydroxyl groups is 2. The molecule has 1 saturated heterocycles. The molecule has 282 valence electrons. The van der Waals surface area contributed by atoms with E-state index in [1.807, 2.05) is 25.7 Å². The Balaban J connectivity index is 0.000000587. The van der Waals surface area contributed by atoms with Crippen molar-refractivity contribution in [1.29, 1.82) is 5.26 Å². The minimum atomic E-state index is -0.749. The molecule has 13 heteroatoms. The number of anilines is 2. The summed E-state index contributed by atoms with van der Waals surface area (Å²) in [6.07, 6.45) is 6.48. The third-order valence-corrected chi connectivity index (χ3v) is 9.26. The van der Waals surface area contributed by atoms with Crippen LogP contribution in [0.4, 0.5) is 20.1 Å². The Hall–Kier alpha value is -4.38. The Labute approximate surface area is 310 Å². The highest BCUT2D eigenvalue weighted by Gasteiger charge is 2.31. The molecule has 3 N–H and O–H groups in total. The predicted molar refractivity (Wildman–Crippen MR) is 207 cm³/mol.